The number of ketones is 2. The molecule has 0 aromatic rings. The SMILES string of the molecule is CC(=O)OCC(=O)[C@@]1(O)C(C(C)C)C[C@H]2[C@@H]3CCC4=CC(=O)C=C[C@]4(C)[C@H]3C(O)C[C@@]21C. The minimum atomic E-state index is -1.66. The first-order valence-corrected chi connectivity index (χ1v) is 11.9. The quantitative estimate of drug-likeness (QED) is 0.647. The molecule has 4 aliphatic rings. The maximum Gasteiger partial charge on any atom is 0.303 e. The molecule has 4 aliphatic carbocycles. The fraction of sp³-hybridized carbons (Fsp3) is 0.731. The van der Waals surface area contributed by atoms with Gasteiger partial charge in [0.2, 0.25) is 5.78 Å². The Bertz CT molecular complexity index is 902. The number of rotatable bonds is 4. The fourth-order valence-electron chi connectivity index (χ4n) is 7.97. The van der Waals surface area contributed by atoms with Crippen molar-refractivity contribution in [2.45, 2.75) is 72.0 Å². The maximum absolute atomic E-state index is 13.4. The van der Waals surface area contributed by atoms with Crippen molar-refractivity contribution in [1.82, 2.24) is 0 Å². The lowest BCUT2D eigenvalue weighted by molar-refractivity contribution is -0.188. The summed E-state index contributed by atoms with van der Waals surface area (Å²) in [5, 5.41) is 23.6. The highest BCUT2D eigenvalue weighted by molar-refractivity contribution is 6.01. The van der Waals surface area contributed by atoms with Gasteiger partial charge in [0.1, 0.15) is 5.60 Å². The van der Waals surface area contributed by atoms with Gasteiger partial charge in [0.15, 0.2) is 12.4 Å². The predicted molar refractivity (Wildman–Crippen MR) is 118 cm³/mol. The molecule has 0 spiro atoms. The lowest BCUT2D eigenvalue weighted by Crippen LogP contribution is -2.63. The van der Waals surface area contributed by atoms with Gasteiger partial charge in [-0.15, -0.1) is 0 Å². The molecule has 0 aromatic carbocycles. The van der Waals surface area contributed by atoms with E-state index in [4.69, 9.17) is 4.74 Å². The second-order valence-corrected chi connectivity index (χ2v) is 11.3. The number of aliphatic hydroxyl groups is 2. The minimum absolute atomic E-state index is 0.00255. The van der Waals surface area contributed by atoms with Crippen molar-refractivity contribution in [3.63, 3.8) is 0 Å². The van der Waals surface area contributed by atoms with Crippen LogP contribution in [-0.2, 0) is 19.1 Å². The summed E-state index contributed by atoms with van der Waals surface area (Å²) in [5.74, 6) is -1.13. The zero-order valence-corrected chi connectivity index (χ0v) is 19.8. The van der Waals surface area contributed by atoms with Crippen molar-refractivity contribution in [2.75, 3.05) is 6.61 Å². The minimum Gasteiger partial charge on any atom is -0.458 e. The Morgan fingerprint density at radius 3 is 2.59 bits per heavy atom. The van der Waals surface area contributed by atoms with Crippen LogP contribution in [0.5, 0.6) is 0 Å². The van der Waals surface area contributed by atoms with Gasteiger partial charge in [0, 0.05) is 23.7 Å². The first-order valence-electron chi connectivity index (χ1n) is 11.9. The average molecular weight is 445 g/mol. The van der Waals surface area contributed by atoms with Crippen LogP contribution in [0.25, 0.3) is 0 Å². The Hall–Kier alpha value is -1.79. The van der Waals surface area contributed by atoms with Gasteiger partial charge in [-0.2, -0.15) is 0 Å². The van der Waals surface area contributed by atoms with Gasteiger partial charge in [-0.05, 0) is 61.5 Å². The number of Topliss-reactive ketones (excluding diaryl/α,β-unsaturated/α-hetero) is 1. The van der Waals surface area contributed by atoms with E-state index in [9.17, 15) is 24.6 Å². The van der Waals surface area contributed by atoms with Crippen LogP contribution in [0.1, 0.15) is 60.3 Å². The summed E-state index contributed by atoms with van der Waals surface area (Å²) in [4.78, 5) is 36.7. The van der Waals surface area contributed by atoms with Crippen LogP contribution >= 0.6 is 0 Å². The lowest BCUT2D eigenvalue weighted by atomic mass is 9.46. The lowest BCUT2D eigenvalue weighted by Gasteiger charge is -2.59. The Labute approximate surface area is 190 Å². The summed E-state index contributed by atoms with van der Waals surface area (Å²) in [5.41, 5.74) is -1.80. The average Bonchev–Trinajstić information content (AvgIpc) is 2.94. The molecule has 3 saturated carbocycles. The van der Waals surface area contributed by atoms with Crippen LogP contribution in [-0.4, -0.2) is 46.1 Å². The summed E-state index contributed by atoms with van der Waals surface area (Å²) >= 11 is 0. The number of fused-ring (bicyclic) bond motifs is 5. The molecule has 0 amide bonds. The molecule has 3 fully saturated rings. The van der Waals surface area contributed by atoms with Crippen molar-refractivity contribution >= 4 is 17.5 Å². The third-order valence-electron chi connectivity index (χ3n) is 9.44. The van der Waals surface area contributed by atoms with E-state index in [2.05, 4.69) is 6.92 Å². The molecule has 4 rings (SSSR count). The summed E-state index contributed by atoms with van der Waals surface area (Å²) in [6.45, 7) is 8.89. The van der Waals surface area contributed by atoms with Gasteiger partial charge in [-0.3, -0.25) is 14.4 Å². The van der Waals surface area contributed by atoms with Crippen molar-refractivity contribution in [2.24, 2.45) is 40.4 Å². The molecule has 6 heteroatoms. The summed E-state index contributed by atoms with van der Waals surface area (Å²) in [7, 11) is 0. The van der Waals surface area contributed by atoms with E-state index in [-0.39, 0.29) is 35.4 Å². The fourth-order valence-corrected chi connectivity index (χ4v) is 7.97. The largest absolute Gasteiger partial charge is 0.458 e. The van der Waals surface area contributed by atoms with Crippen LogP contribution in [0.2, 0.25) is 0 Å². The number of hydrogen-bond acceptors (Lipinski definition) is 6. The highest BCUT2D eigenvalue weighted by Crippen LogP contribution is 2.69. The first-order chi connectivity index (χ1) is 14.9. The van der Waals surface area contributed by atoms with Crippen LogP contribution in [0.4, 0.5) is 0 Å². The number of aliphatic hydroxyl groups excluding tert-OH is 1. The van der Waals surface area contributed by atoms with Crippen LogP contribution < -0.4 is 0 Å². The number of allylic oxidation sites excluding steroid dienone is 4. The number of carbonyl (C=O) groups excluding carboxylic acids is 3. The molecule has 2 unspecified atom stereocenters. The topological polar surface area (TPSA) is 101 Å². The Morgan fingerprint density at radius 2 is 1.97 bits per heavy atom. The maximum atomic E-state index is 13.4. The molecule has 6 nitrogen and oxygen atoms in total. The van der Waals surface area contributed by atoms with Gasteiger partial charge in [-0.1, -0.05) is 39.3 Å². The molecule has 176 valence electrons. The van der Waals surface area contributed by atoms with E-state index in [1.165, 1.54) is 6.92 Å². The summed E-state index contributed by atoms with van der Waals surface area (Å²) < 4.78 is 5.00. The van der Waals surface area contributed by atoms with Crippen LogP contribution in [0.3, 0.4) is 0 Å². The van der Waals surface area contributed by atoms with E-state index < -0.39 is 40.9 Å². The molecular formula is C26H36O6. The number of esters is 1. The van der Waals surface area contributed by atoms with Gasteiger partial charge < -0.3 is 14.9 Å². The van der Waals surface area contributed by atoms with E-state index in [1.807, 2.05) is 26.8 Å². The summed E-state index contributed by atoms with van der Waals surface area (Å²) in [6.07, 6.45) is 7.17. The Balaban J connectivity index is 1.75. The molecule has 0 bridgehead atoms. The Morgan fingerprint density at radius 1 is 1.28 bits per heavy atom. The van der Waals surface area contributed by atoms with Gasteiger partial charge in [0.25, 0.3) is 0 Å². The summed E-state index contributed by atoms with van der Waals surface area (Å²) in [6, 6.07) is 0. The molecule has 0 aliphatic heterocycles. The number of carbonyl (C=O) groups is 3. The molecule has 0 heterocycles. The van der Waals surface area contributed by atoms with Gasteiger partial charge in [-0.25, -0.2) is 0 Å². The first kappa shape index (κ1) is 23.4. The second kappa shape index (κ2) is 7.63. The van der Waals surface area contributed by atoms with Crippen molar-refractivity contribution in [3.05, 3.63) is 23.8 Å². The predicted octanol–water partition coefficient (Wildman–Crippen LogP) is 3.01. The smallest absolute Gasteiger partial charge is 0.303 e. The molecule has 0 saturated heterocycles. The third kappa shape index (κ3) is 3.09. The van der Waals surface area contributed by atoms with Crippen molar-refractivity contribution < 1.29 is 29.3 Å². The van der Waals surface area contributed by atoms with E-state index in [0.717, 1.165) is 18.4 Å². The number of ether oxygens (including phenoxy) is 1. The van der Waals surface area contributed by atoms with Gasteiger partial charge in [0.05, 0.1) is 6.10 Å². The zero-order valence-electron chi connectivity index (χ0n) is 19.8. The third-order valence-corrected chi connectivity index (χ3v) is 9.44. The van der Waals surface area contributed by atoms with Crippen molar-refractivity contribution in [1.29, 1.82) is 0 Å². The monoisotopic (exact) mass is 444 g/mol. The van der Waals surface area contributed by atoms with E-state index in [1.54, 1.807) is 12.2 Å². The van der Waals surface area contributed by atoms with Crippen molar-refractivity contribution in [3.8, 4) is 0 Å². The second-order valence-electron chi connectivity index (χ2n) is 11.3. The molecule has 0 radical (unpaired) electrons. The normalized spacial score (nSPS) is 45.1. The van der Waals surface area contributed by atoms with Crippen LogP contribution in [0.15, 0.2) is 23.8 Å². The molecule has 2 N–H and O–H groups in total. The molecule has 8 atom stereocenters. The van der Waals surface area contributed by atoms with Crippen LogP contribution in [0, 0.1) is 40.4 Å². The number of hydrogen-bond donors (Lipinski definition) is 2. The zero-order chi connectivity index (χ0) is 23.6. The Kier molecular flexibility index (Phi) is 5.57. The highest BCUT2D eigenvalue weighted by Gasteiger charge is 2.71. The molecule has 0 aromatic heterocycles. The van der Waals surface area contributed by atoms with E-state index >= 15 is 0 Å². The van der Waals surface area contributed by atoms with E-state index in [0.29, 0.717) is 12.8 Å². The highest BCUT2D eigenvalue weighted by atomic mass is 16.5. The van der Waals surface area contributed by atoms with Gasteiger partial charge >= 0.3 is 5.97 Å². The standard InChI is InChI=1S/C26H36O6/c1-14(2)19-11-20-18-7-6-16-10-17(28)8-9-24(16,4)23(18)21(29)12-25(20,5)26(19,31)22(30)13-32-15(3)27/h8-10,14,18-21,23,29,31H,6-7,11-13H2,1-5H3/t18-,19?,20-,21?,23+,24-,25-,26-/m0/s1. The molecule has 32 heavy (non-hydrogen) atoms. The molecular weight excluding hydrogens is 408 g/mol.